The summed E-state index contributed by atoms with van der Waals surface area (Å²) >= 11 is 1.42. The van der Waals surface area contributed by atoms with Gasteiger partial charge in [0.25, 0.3) is 0 Å². The van der Waals surface area contributed by atoms with Gasteiger partial charge in [-0.1, -0.05) is 37.7 Å². The first kappa shape index (κ1) is 17.2. The Balaban J connectivity index is 1.73. The van der Waals surface area contributed by atoms with Crippen molar-refractivity contribution in [2.24, 2.45) is 0 Å². The predicted molar refractivity (Wildman–Crippen MR) is 89.1 cm³/mol. The second-order valence-electron chi connectivity index (χ2n) is 7.02. The van der Waals surface area contributed by atoms with Crippen LogP contribution in [0.4, 0.5) is 0 Å². The second-order valence-corrected chi connectivity index (χ2v) is 8.33. The molecular formula is C15H23N5O3S. The molecule has 132 valence electrons. The molecule has 2 unspecified atom stereocenters. The summed E-state index contributed by atoms with van der Waals surface area (Å²) in [6.07, 6.45) is 2.08. The molecule has 0 bridgehead atoms. The molecule has 0 aromatic carbocycles. The number of H-pyrrole nitrogens is 1. The maximum Gasteiger partial charge on any atom is 0.344 e. The van der Waals surface area contributed by atoms with Crippen LogP contribution in [0, 0.1) is 0 Å². The quantitative estimate of drug-likeness (QED) is 0.823. The molecule has 3 heterocycles. The Labute approximate surface area is 144 Å². The van der Waals surface area contributed by atoms with Gasteiger partial charge in [-0.15, -0.1) is 5.10 Å². The molecule has 9 heteroatoms. The molecule has 1 saturated heterocycles. The number of nitrogens with zero attached hydrogens (tertiary/aromatic N) is 4. The van der Waals surface area contributed by atoms with Gasteiger partial charge in [-0.3, -0.25) is 4.57 Å². The summed E-state index contributed by atoms with van der Waals surface area (Å²) in [6.45, 7) is 9.33. The predicted octanol–water partition coefficient (Wildman–Crippen LogP) is 2.28. The first-order chi connectivity index (χ1) is 11.3. The smallest absolute Gasteiger partial charge is 0.344 e. The molecule has 8 nitrogen and oxygen atoms in total. The molecule has 2 aromatic rings. The zero-order valence-electron chi connectivity index (χ0n) is 14.4. The Kier molecular flexibility index (Phi) is 4.82. The van der Waals surface area contributed by atoms with Gasteiger partial charge in [-0.05, 0) is 19.8 Å². The average molecular weight is 353 g/mol. The van der Waals surface area contributed by atoms with Crippen molar-refractivity contribution in [1.29, 1.82) is 0 Å². The third-order valence-electron chi connectivity index (χ3n) is 3.88. The van der Waals surface area contributed by atoms with E-state index in [1.807, 2.05) is 27.7 Å². The van der Waals surface area contributed by atoms with E-state index in [2.05, 4.69) is 20.3 Å². The van der Waals surface area contributed by atoms with Gasteiger partial charge < -0.3 is 9.26 Å². The van der Waals surface area contributed by atoms with Crippen molar-refractivity contribution < 1.29 is 9.26 Å². The minimum atomic E-state index is -0.221. The third kappa shape index (κ3) is 3.72. The van der Waals surface area contributed by atoms with Crippen LogP contribution in [0.2, 0.25) is 0 Å². The Bertz CT molecular complexity index is 739. The molecule has 24 heavy (non-hydrogen) atoms. The van der Waals surface area contributed by atoms with Crippen molar-refractivity contribution >= 4 is 11.8 Å². The Morgan fingerprint density at radius 2 is 2.25 bits per heavy atom. The minimum absolute atomic E-state index is 0.0749. The van der Waals surface area contributed by atoms with Crippen LogP contribution < -0.4 is 5.69 Å². The summed E-state index contributed by atoms with van der Waals surface area (Å²) in [5.41, 5.74) is -0.387. The number of aromatic nitrogens is 5. The molecule has 1 aliphatic heterocycles. The van der Waals surface area contributed by atoms with E-state index in [0.29, 0.717) is 23.4 Å². The topological polar surface area (TPSA) is 98.8 Å². The fourth-order valence-electron chi connectivity index (χ4n) is 2.46. The average Bonchev–Trinajstić information content (AvgIpc) is 3.23. The van der Waals surface area contributed by atoms with E-state index >= 15 is 0 Å². The lowest BCUT2D eigenvalue weighted by atomic mass is 9.96. The van der Waals surface area contributed by atoms with Crippen molar-refractivity contribution in [3.05, 3.63) is 22.2 Å². The van der Waals surface area contributed by atoms with Crippen LogP contribution in [0.15, 0.2) is 14.5 Å². The molecule has 0 aliphatic carbocycles. The normalized spacial score (nSPS) is 19.8. The molecular weight excluding hydrogens is 330 g/mol. The highest BCUT2D eigenvalue weighted by Crippen LogP contribution is 2.33. The SMILES string of the molecule is CC(Sc1n[nH]c(=O)n1CC1CCCO1)c1nc(C(C)(C)C)no1. The molecule has 2 atom stereocenters. The van der Waals surface area contributed by atoms with E-state index in [4.69, 9.17) is 9.26 Å². The van der Waals surface area contributed by atoms with Crippen LogP contribution in [-0.2, 0) is 16.7 Å². The summed E-state index contributed by atoms with van der Waals surface area (Å²) in [5.74, 6) is 1.20. The molecule has 1 N–H and O–H groups in total. The first-order valence-corrected chi connectivity index (χ1v) is 9.00. The largest absolute Gasteiger partial charge is 0.376 e. The highest BCUT2D eigenvalue weighted by molar-refractivity contribution is 7.99. The third-order valence-corrected chi connectivity index (χ3v) is 4.95. The highest BCUT2D eigenvalue weighted by Gasteiger charge is 2.26. The van der Waals surface area contributed by atoms with E-state index in [-0.39, 0.29) is 22.5 Å². The van der Waals surface area contributed by atoms with Crippen LogP contribution in [-0.4, -0.2) is 37.6 Å². The van der Waals surface area contributed by atoms with E-state index in [1.54, 1.807) is 4.57 Å². The fraction of sp³-hybridized carbons (Fsp3) is 0.733. The van der Waals surface area contributed by atoms with E-state index in [9.17, 15) is 4.79 Å². The van der Waals surface area contributed by atoms with Gasteiger partial charge in [0, 0.05) is 12.0 Å². The van der Waals surface area contributed by atoms with E-state index < -0.39 is 0 Å². The number of hydrogen-bond donors (Lipinski definition) is 1. The molecule has 0 radical (unpaired) electrons. The maximum absolute atomic E-state index is 12.0. The zero-order chi connectivity index (χ0) is 17.3. The Hall–Kier alpha value is -1.61. The van der Waals surface area contributed by atoms with E-state index in [1.165, 1.54) is 11.8 Å². The number of rotatable bonds is 5. The van der Waals surface area contributed by atoms with Crippen molar-refractivity contribution in [1.82, 2.24) is 24.9 Å². The van der Waals surface area contributed by atoms with Crippen LogP contribution >= 0.6 is 11.8 Å². The van der Waals surface area contributed by atoms with Crippen LogP contribution in [0.5, 0.6) is 0 Å². The van der Waals surface area contributed by atoms with Crippen molar-refractivity contribution in [2.45, 2.75) is 69.0 Å². The molecule has 3 rings (SSSR count). The first-order valence-electron chi connectivity index (χ1n) is 8.12. The fourth-order valence-corrected chi connectivity index (χ4v) is 3.36. The standard InChI is InChI=1S/C15H23N5O3S/c1-9(11-16-12(19-23-11)15(2,3)4)24-14-18-17-13(21)20(14)8-10-6-5-7-22-10/h9-10H,5-8H2,1-4H3,(H,17,21). The van der Waals surface area contributed by atoms with Gasteiger partial charge in [0.2, 0.25) is 5.89 Å². The summed E-state index contributed by atoms with van der Waals surface area (Å²) in [7, 11) is 0. The number of thioether (sulfide) groups is 1. The minimum Gasteiger partial charge on any atom is -0.376 e. The number of aromatic amines is 1. The molecule has 1 fully saturated rings. The van der Waals surface area contributed by atoms with Gasteiger partial charge in [0.15, 0.2) is 11.0 Å². The van der Waals surface area contributed by atoms with Crippen LogP contribution in [0.25, 0.3) is 0 Å². The molecule has 2 aromatic heterocycles. The van der Waals surface area contributed by atoms with Gasteiger partial charge in [-0.2, -0.15) is 4.98 Å². The second kappa shape index (κ2) is 6.72. The zero-order valence-corrected chi connectivity index (χ0v) is 15.2. The summed E-state index contributed by atoms with van der Waals surface area (Å²) in [5, 5.41) is 11.2. The Morgan fingerprint density at radius 1 is 1.46 bits per heavy atom. The lowest BCUT2D eigenvalue weighted by Gasteiger charge is -2.12. The summed E-state index contributed by atoms with van der Waals surface area (Å²) in [4.78, 5) is 16.5. The van der Waals surface area contributed by atoms with Crippen LogP contribution in [0.1, 0.15) is 57.5 Å². The van der Waals surface area contributed by atoms with Crippen molar-refractivity contribution in [3.8, 4) is 0 Å². The summed E-state index contributed by atoms with van der Waals surface area (Å²) in [6, 6.07) is 0. The number of ether oxygens (including phenoxy) is 1. The van der Waals surface area contributed by atoms with Crippen molar-refractivity contribution in [3.63, 3.8) is 0 Å². The lowest BCUT2D eigenvalue weighted by Crippen LogP contribution is -2.25. The van der Waals surface area contributed by atoms with E-state index in [0.717, 1.165) is 19.4 Å². The number of nitrogens with one attached hydrogen (secondary N) is 1. The Morgan fingerprint density at radius 3 is 2.88 bits per heavy atom. The van der Waals surface area contributed by atoms with Gasteiger partial charge in [0.05, 0.1) is 17.9 Å². The van der Waals surface area contributed by atoms with Crippen LogP contribution in [0.3, 0.4) is 0 Å². The number of hydrogen-bond acceptors (Lipinski definition) is 7. The lowest BCUT2D eigenvalue weighted by molar-refractivity contribution is 0.0941. The van der Waals surface area contributed by atoms with Crippen molar-refractivity contribution in [2.75, 3.05) is 6.61 Å². The monoisotopic (exact) mass is 353 g/mol. The maximum atomic E-state index is 12.0. The van der Waals surface area contributed by atoms with Gasteiger partial charge in [0.1, 0.15) is 0 Å². The highest BCUT2D eigenvalue weighted by atomic mass is 32.2. The van der Waals surface area contributed by atoms with Gasteiger partial charge >= 0.3 is 5.69 Å². The molecule has 1 aliphatic rings. The molecule has 0 saturated carbocycles. The molecule has 0 spiro atoms. The molecule has 0 amide bonds. The van der Waals surface area contributed by atoms with Gasteiger partial charge in [-0.25, -0.2) is 9.89 Å². The summed E-state index contributed by atoms with van der Waals surface area (Å²) < 4.78 is 12.6.